The first kappa shape index (κ1) is 7.14. The van der Waals surface area contributed by atoms with E-state index in [4.69, 9.17) is 0 Å². The van der Waals surface area contributed by atoms with Gasteiger partial charge in [-0.25, -0.2) is 0 Å². The Hall–Kier alpha value is -1.30. The fraction of sp³-hybridized carbons (Fsp3) is 0.231. The minimum Gasteiger partial charge on any atom is -0.0739 e. The summed E-state index contributed by atoms with van der Waals surface area (Å²) in [6.07, 6.45) is 10.3. The molecule has 0 bridgehead atoms. The second-order valence-corrected chi connectivity index (χ2v) is 4.00. The molecule has 0 nitrogen and oxygen atoms in total. The van der Waals surface area contributed by atoms with Crippen molar-refractivity contribution >= 4 is 0 Å². The van der Waals surface area contributed by atoms with E-state index >= 15 is 0 Å². The molecule has 13 heavy (non-hydrogen) atoms. The lowest BCUT2D eigenvalue weighted by molar-refractivity contribution is 0.820. The molecular formula is C13H12. The molecule has 1 saturated carbocycles. The van der Waals surface area contributed by atoms with Crippen LogP contribution in [0.5, 0.6) is 0 Å². The molecule has 1 atom stereocenters. The number of rotatable bonds is 1. The molecule has 0 heterocycles. The molecule has 1 fully saturated rings. The first-order chi connectivity index (χ1) is 6.41. The van der Waals surface area contributed by atoms with Gasteiger partial charge in [0.25, 0.3) is 0 Å². The third-order valence-corrected chi connectivity index (χ3v) is 3.17. The average Bonchev–Trinajstić information content (AvgIpc) is 2.66. The van der Waals surface area contributed by atoms with Gasteiger partial charge in [0.15, 0.2) is 0 Å². The van der Waals surface area contributed by atoms with Crippen molar-refractivity contribution in [1.29, 1.82) is 0 Å². The lowest BCUT2D eigenvalue weighted by atomic mass is 10.0. The molecule has 3 rings (SSSR count). The van der Waals surface area contributed by atoms with E-state index in [1.54, 1.807) is 0 Å². The van der Waals surface area contributed by atoms with Crippen molar-refractivity contribution in [3.05, 3.63) is 60.2 Å². The summed E-state index contributed by atoms with van der Waals surface area (Å²) in [6.45, 7) is 0. The van der Waals surface area contributed by atoms with E-state index < -0.39 is 0 Å². The highest BCUT2D eigenvalue weighted by Gasteiger charge is 2.51. The third-order valence-electron chi connectivity index (χ3n) is 3.17. The topological polar surface area (TPSA) is 0 Å². The summed E-state index contributed by atoms with van der Waals surface area (Å²) in [6, 6.07) is 10.8. The zero-order valence-electron chi connectivity index (χ0n) is 7.48. The summed E-state index contributed by atoms with van der Waals surface area (Å²) in [5.74, 6) is 0.740. The van der Waals surface area contributed by atoms with Crippen molar-refractivity contribution < 1.29 is 0 Å². The highest BCUT2D eigenvalue weighted by molar-refractivity contribution is 5.42. The van der Waals surface area contributed by atoms with Crippen molar-refractivity contribution in [2.45, 2.75) is 12.3 Å². The van der Waals surface area contributed by atoms with Gasteiger partial charge in [-0.3, -0.25) is 0 Å². The molecular weight excluding hydrogens is 156 g/mol. The van der Waals surface area contributed by atoms with E-state index in [0.717, 1.165) is 5.92 Å². The van der Waals surface area contributed by atoms with Gasteiger partial charge >= 0.3 is 0 Å². The van der Waals surface area contributed by atoms with E-state index in [0.29, 0.717) is 5.41 Å². The second kappa shape index (κ2) is 2.35. The van der Waals surface area contributed by atoms with Crippen LogP contribution in [0.3, 0.4) is 0 Å². The van der Waals surface area contributed by atoms with E-state index in [1.807, 2.05) is 0 Å². The molecule has 2 aliphatic carbocycles. The van der Waals surface area contributed by atoms with Crippen LogP contribution in [0.1, 0.15) is 17.9 Å². The number of benzene rings is 1. The van der Waals surface area contributed by atoms with E-state index in [2.05, 4.69) is 54.6 Å². The van der Waals surface area contributed by atoms with Gasteiger partial charge in [-0.2, -0.15) is 0 Å². The van der Waals surface area contributed by atoms with Crippen LogP contribution in [0.15, 0.2) is 54.6 Å². The Labute approximate surface area is 78.6 Å². The highest BCUT2D eigenvalue weighted by atomic mass is 14.5. The number of hydrogen-bond acceptors (Lipinski definition) is 0. The SMILES string of the molecule is C1=CC2(C=C1)CC2c1ccccc1. The van der Waals surface area contributed by atoms with E-state index in [1.165, 1.54) is 12.0 Å². The van der Waals surface area contributed by atoms with Crippen LogP contribution in [-0.2, 0) is 0 Å². The molecule has 1 unspecified atom stereocenters. The van der Waals surface area contributed by atoms with Crippen LogP contribution >= 0.6 is 0 Å². The van der Waals surface area contributed by atoms with E-state index in [9.17, 15) is 0 Å². The lowest BCUT2D eigenvalue weighted by Gasteiger charge is -2.03. The Morgan fingerprint density at radius 3 is 2.38 bits per heavy atom. The summed E-state index contributed by atoms with van der Waals surface area (Å²) in [7, 11) is 0. The van der Waals surface area contributed by atoms with Crippen LogP contribution in [0, 0.1) is 5.41 Å². The summed E-state index contributed by atoms with van der Waals surface area (Å²) < 4.78 is 0. The Balaban J connectivity index is 1.92. The quantitative estimate of drug-likeness (QED) is 0.603. The Kier molecular flexibility index (Phi) is 1.29. The van der Waals surface area contributed by atoms with Gasteiger partial charge in [-0.05, 0) is 17.9 Å². The number of hydrogen-bond donors (Lipinski definition) is 0. The van der Waals surface area contributed by atoms with Gasteiger partial charge in [0.2, 0.25) is 0 Å². The Morgan fingerprint density at radius 1 is 1.00 bits per heavy atom. The van der Waals surface area contributed by atoms with Gasteiger partial charge in [0.05, 0.1) is 0 Å². The van der Waals surface area contributed by atoms with Gasteiger partial charge in [0.1, 0.15) is 0 Å². The van der Waals surface area contributed by atoms with Crippen LogP contribution in [0.4, 0.5) is 0 Å². The van der Waals surface area contributed by atoms with Crippen molar-refractivity contribution in [1.82, 2.24) is 0 Å². The van der Waals surface area contributed by atoms with Crippen LogP contribution in [-0.4, -0.2) is 0 Å². The molecule has 0 N–H and O–H groups in total. The maximum absolute atomic E-state index is 2.34. The number of allylic oxidation sites excluding steroid dienone is 4. The largest absolute Gasteiger partial charge is 0.0739 e. The van der Waals surface area contributed by atoms with Crippen LogP contribution in [0.25, 0.3) is 0 Å². The van der Waals surface area contributed by atoms with Gasteiger partial charge < -0.3 is 0 Å². The molecule has 0 radical (unpaired) electrons. The molecule has 2 aliphatic rings. The normalized spacial score (nSPS) is 26.9. The second-order valence-electron chi connectivity index (χ2n) is 4.00. The van der Waals surface area contributed by atoms with Crippen molar-refractivity contribution in [2.24, 2.45) is 5.41 Å². The smallest absolute Gasteiger partial charge is 0.0142 e. The molecule has 1 spiro atoms. The zero-order valence-corrected chi connectivity index (χ0v) is 7.48. The predicted molar refractivity (Wildman–Crippen MR) is 54.5 cm³/mol. The average molecular weight is 168 g/mol. The van der Waals surface area contributed by atoms with Crippen molar-refractivity contribution in [3.8, 4) is 0 Å². The van der Waals surface area contributed by atoms with Crippen molar-refractivity contribution in [3.63, 3.8) is 0 Å². The highest BCUT2D eigenvalue weighted by Crippen LogP contribution is 2.62. The van der Waals surface area contributed by atoms with Crippen LogP contribution < -0.4 is 0 Å². The summed E-state index contributed by atoms with van der Waals surface area (Å²) in [5.41, 5.74) is 1.89. The monoisotopic (exact) mass is 168 g/mol. The summed E-state index contributed by atoms with van der Waals surface area (Å²) in [5, 5.41) is 0. The minimum absolute atomic E-state index is 0.404. The standard InChI is InChI=1S/C13H12/c1-2-6-11(7-3-1)12-10-13(12)8-4-5-9-13/h1-9,12H,10H2. The zero-order chi connectivity index (χ0) is 8.73. The Bertz CT molecular complexity index is 358. The first-order valence-corrected chi connectivity index (χ1v) is 4.83. The lowest BCUT2D eigenvalue weighted by Crippen LogP contribution is -1.91. The van der Waals surface area contributed by atoms with E-state index in [-0.39, 0.29) is 0 Å². The molecule has 0 amide bonds. The van der Waals surface area contributed by atoms with Gasteiger partial charge in [-0.15, -0.1) is 0 Å². The molecule has 1 aromatic rings. The molecule has 0 saturated heterocycles. The van der Waals surface area contributed by atoms with Gasteiger partial charge in [-0.1, -0.05) is 54.6 Å². The maximum atomic E-state index is 2.34. The molecule has 0 aromatic heterocycles. The molecule has 0 aliphatic heterocycles. The van der Waals surface area contributed by atoms with Crippen LogP contribution in [0.2, 0.25) is 0 Å². The first-order valence-electron chi connectivity index (χ1n) is 4.83. The third kappa shape index (κ3) is 0.983. The molecule has 0 heteroatoms. The minimum atomic E-state index is 0.404. The van der Waals surface area contributed by atoms with Crippen molar-refractivity contribution in [2.75, 3.05) is 0 Å². The summed E-state index contributed by atoms with van der Waals surface area (Å²) in [4.78, 5) is 0. The maximum Gasteiger partial charge on any atom is 0.0142 e. The predicted octanol–water partition coefficient (Wildman–Crippen LogP) is 3.29. The Morgan fingerprint density at radius 2 is 1.69 bits per heavy atom. The molecule has 1 aromatic carbocycles. The fourth-order valence-corrected chi connectivity index (χ4v) is 2.30. The summed E-state index contributed by atoms with van der Waals surface area (Å²) >= 11 is 0. The fourth-order valence-electron chi connectivity index (χ4n) is 2.30. The van der Waals surface area contributed by atoms with Gasteiger partial charge in [0, 0.05) is 5.41 Å². The molecule has 64 valence electrons.